The number of amides is 1. The van der Waals surface area contributed by atoms with Crippen molar-refractivity contribution in [3.63, 3.8) is 0 Å². The number of rotatable bonds is 3. The zero-order valence-electron chi connectivity index (χ0n) is 9.48. The van der Waals surface area contributed by atoms with E-state index in [-0.39, 0.29) is 12.5 Å². The van der Waals surface area contributed by atoms with Crippen LogP contribution >= 0.6 is 15.9 Å². The second kappa shape index (κ2) is 4.72. The third-order valence-electron chi connectivity index (χ3n) is 2.49. The van der Waals surface area contributed by atoms with Gasteiger partial charge < -0.3 is 10.4 Å². The van der Waals surface area contributed by atoms with E-state index < -0.39 is 5.60 Å². The van der Waals surface area contributed by atoms with Crippen molar-refractivity contribution in [2.75, 3.05) is 25.0 Å². The van der Waals surface area contributed by atoms with Crippen LogP contribution in [0, 0.1) is 0 Å². The van der Waals surface area contributed by atoms with E-state index in [1.54, 1.807) is 19.2 Å². The van der Waals surface area contributed by atoms with E-state index in [1.165, 1.54) is 0 Å². The van der Waals surface area contributed by atoms with Crippen molar-refractivity contribution in [2.24, 2.45) is 0 Å². The largest absolute Gasteiger partial charge is 0.388 e. The van der Waals surface area contributed by atoms with E-state index in [9.17, 15) is 9.90 Å². The molecule has 0 aromatic carbocycles. The van der Waals surface area contributed by atoms with Crippen LogP contribution in [-0.4, -0.2) is 46.1 Å². The molecule has 0 aliphatic carbocycles. The molecule has 17 heavy (non-hydrogen) atoms. The van der Waals surface area contributed by atoms with Crippen molar-refractivity contribution in [2.45, 2.75) is 12.5 Å². The van der Waals surface area contributed by atoms with Gasteiger partial charge in [0.1, 0.15) is 5.82 Å². The highest BCUT2D eigenvalue weighted by atomic mass is 79.9. The lowest BCUT2D eigenvalue weighted by Gasteiger charge is -2.43. The molecule has 1 fully saturated rings. The fourth-order valence-corrected chi connectivity index (χ4v) is 2.10. The van der Waals surface area contributed by atoms with Crippen LogP contribution in [0.25, 0.3) is 0 Å². The van der Waals surface area contributed by atoms with Crippen molar-refractivity contribution < 1.29 is 9.90 Å². The van der Waals surface area contributed by atoms with Gasteiger partial charge in [-0.3, -0.25) is 9.69 Å². The maximum Gasteiger partial charge on any atom is 0.239 e. The van der Waals surface area contributed by atoms with Crippen molar-refractivity contribution >= 4 is 27.7 Å². The molecule has 0 atom stereocenters. The molecular weight excluding hydrogens is 286 g/mol. The highest BCUT2D eigenvalue weighted by Gasteiger charge is 2.37. The van der Waals surface area contributed by atoms with E-state index in [1.807, 2.05) is 11.0 Å². The summed E-state index contributed by atoms with van der Waals surface area (Å²) in [6, 6.07) is 3.55. The van der Waals surface area contributed by atoms with Gasteiger partial charge in [0.25, 0.3) is 0 Å². The van der Waals surface area contributed by atoms with Crippen LogP contribution in [-0.2, 0) is 4.79 Å². The van der Waals surface area contributed by atoms with Gasteiger partial charge in [-0.2, -0.15) is 0 Å². The lowest BCUT2D eigenvalue weighted by atomic mass is 9.97. The number of pyridine rings is 1. The molecule has 1 saturated heterocycles. The van der Waals surface area contributed by atoms with Crippen LogP contribution in [0.1, 0.15) is 6.92 Å². The minimum Gasteiger partial charge on any atom is -0.388 e. The summed E-state index contributed by atoms with van der Waals surface area (Å²) in [5, 5.41) is 12.2. The number of halogens is 1. The van der Waals surface area contributed by atoms with Gasteiger partial charge in [0.15, 0.2) is 0 Å². The number of likely N-dealkylation sites (tertiary alicyclic amines) is 1. The molecule has 2 heterocycles. The van der Waals surface area contributed by atoms with Crippen LogP contribution in [0.15, 0.2) is 22.8 Å². The molecule has 2 N–H and O–H groups in total. The quantitative estimate of drug-likeness (QED) is 0.868. The van der Waals surface area contributed by atoms with E-state index in [0.29, 0.717) is 18.9 Å². The molecule has 1 aliphatic rings. The van der Waals surface area contributed by atoms with E-state index >= 15 is 0 Å². The zero-order valence-corrected chi connectivity index (χ0v) is 11.1. The summed E-state index contributed by atoms with van der Waals surface area (Å²) in [7, 11) is 0. The van der Waals surface area contributed by atoms with E-state index in [0.717, 1.165) is 4.47 Å². The molecule has 92 valence electrons. The Morgan fingerprint density at radius 2 is 2.35 bits per heavy atom. The summed E-state index contributed by atoms with van der Waals surface area (Å²) in [5.74, 6) is 0.417. The SMILES string of the molecule is CC1(O)CN(CC(=O)Nc2ccc(Br)cn2)C1. The van der Waals surface area contributed by atoms with Gasteiger partial charge in [0.2, 0.25) is 5.91 Å². The third-order valence-corrected chi connectivity index (χ3v) is 2.96. The minimum atomic E-state index is -0.643. The molecule has 0 saturated carbocycles. The number of anilines is 1. The molecule has 0 bridgehead atoms. The van der Waals surface area contributed by atoms with Gasteiger partial charge >= 0.3 is 0 Å². The van der Waals surface area contributed by atoms with E-state index in [4.69, 9.17) is 0 Å². The standard InChI is InChI=1S/C11H14BrN3O2/c1-11(17)6-15(7-11)5-10(16)14-9-3-2-8(12)4-13-9/h2-4,17H,5-7H2,1H3,(H,13,14,16). The second-order valence-corrected chi connectivity index (χ2v) is 5.47. The number of carbonyl (C=O) groups is 1. The molecule has 0 unspecified atom stereocenters. The van der Waals surface area contributed by atoms with Crippen molar-refractivity contribution in [1.29, 1.82) is 0 Å². The Morgan fingerprint density at radius 1 is 1.65 bits per heavy atom. The third kappa shape index (κ3) is 3.49. The Labute approximate surface area is 108 Å². The maximum absolute atomic E-state index is 11.6. The van der Waals surface area contributed by atoms with Crippen LogP contribution in [0.4, 0.5) is 5.82 Å². The van der Waals surface area contributed by atoms with Crippen LogP contribution in [0.3, 0.4) is 0 Å². The molecule has 6 heteroatoms. The second-order valence-electron chi connectivity index (χ2n) is 4.55. The van der Waals surface area contributed by atoms with Crippen molar-refractivity contribution in [3.05, 3.63) is 22.8 Å². The lowest BCUT2D eigenvalue weighted by molar-refractivity contribution is -0.125. The lowest BCUT2D eigenvalue weighted by Crippen LogP contribution is -2.61. The first-order valence-electron chi connectivity index (χ1n) is 5.31. The summed E-state index contributed by atoms with van der Waals surface area (Å²) >= 11 is 3.27. The first kappa shape index (κ1) is 12.5. The first-order valence-corrected chi connectivity index (χ1v) is 6.10. The maximum atomic E-state index is 11.6. The Balaban J connectivity index is 1.80. The average Bonchev–Trinajstić information content (AvgIpc) is 2.18. The molecule has 0 radical (unpaired) electrons. The molecule has 2 rings (SSSR count). The number of nitrogens with one attached hydrogen (secondary N) is 1. The summed E-state index contributed by atoms with van der Waals surface area (Å²) in [5.41, 5.74) is -0.643. The normalized spacial score (nSPS) is 18.5. The monoisotopic (exact) mass is 299 g/mol. The molecule has 1 aromatic heterocycles. The highest BCUT2D eigenvalue weighted by molar-refractivity contribution is 9.10. The highest BCUT2D eigenvalue weighted by Crippen LogP contribution is 2.19. The summed E-state index contributed by atoms with van der Waals surface area (Å²) in [4.78, 5) is 17.6. The number of aliphatic hydroxyl groups is 1. The summed E-state index contributed by atoms with van der Waals surface area (Å²) in [6.45, 7) is 3.12. The van der Waals surface area contributed by atoms with Gasteiger partial charge in [0, 0.05) is 23.8 Å². The molecular formula is C11H14BrN3O2. The van der Waals surface area contributed by atoms with Crippen LogP contribution in [0.5, 0.6) is 0 Å². The molecule has 1 aromatic rings. The van der Waals surface area contributed by atoms with Crippen LogP contribution in [0.2, 0.25) is 0 Å². The Hall–Kier alpha value is -0.980. The topological polar surface area (TPSA) is 65.5 Å². The number of nitrogens with zero attached hydrogens (tertiary/aromatic N) is 2. The van der Waals surface area contributed by atoms with Crippen molar-refractivity contribution in [3.8, 4) is 0 Å². The average molecular weight is 300 g/mol. The van der Waals surface area contributed by atoms with Gasteiger partial charge in [-0.25, -0.2) is 4.98 Å². The summed E-state index contributed by atoms with van der Waals surface area (Å²) < 4.78 is 0.870. The number of hydrogen-bond donors (Lipinski definition) is 2. The van der Waals surface area contributed by atoms with E-state index in [2.05, 4.69) is 26.2 Å². The predicted molar refractivity (Wildman–Crippen MR) is 67.6 cm³/mol. The Morgan fingerprint density at radius 3 is 2.88 bits per heavy atom. The fraction of sp³-hybridized carbons (Fsp3) is 0.455. The van der Waals surface area contributed by atoms with Crippen molar-refractivity contribution in [1.82, 2.24) is 9.88 Å². The van der Waals surface area contributed by atoms with Gasteiger partial charge in [-0.1, -0.05) is 0 Å². The number of carbonyl (C=O) groups excluding carboxylic acids is 1. The number of β-amino-alcohol motifs (C(OH)–C–C–N with tert-alkyl or cyclic N) is 1. The van der Waals surface area contributed by atoms with Gasteiger partial charge in [-0.15, -0.1) is 0 Å². The van der Waals surface area contributed by atoms with Gasteiger partial charge in [0.05, 0.1) is 12.1 Å². The van der Waals surface area contributed by atoms with Gasteiger partial charge in [-0.05, 0) is 35.0 Å². The number of hydrogen-bond acceptors (Lipinski definition) is 4. The predicted octanol–water partition coefficient (Wildman–Crippen LogP) is 0.849. The Bertz CT molecular complexity index is 411. The summed E-state index contributed by atoms with van der Waals surface area (Å²) in [6.07, 6.45) is 1.63. The minimum absolute atomic E-state index is 0.115. The molecule has 1 aliphatic heterocycles. The molecule has 1 amide bonds. The first-order chi connectivity index (χ1) is 7.94. The number of aromatic nitrogens is 1. The smallest absolute Gasteiger partial charge is 0.239 e. The zero-order chi connectivity index (χ0) is 12.5. The fourth-order valence-electron chi connectivity index (χ4n) is 1.86. The molecule has 5 nitrogen and oxygen atoms in total. The van der Waals surface area contributed by atoms with Crippen LogP contribution < -0.4 is 5.32 Å². The Kier molecular flexibility index (Phi) is 3.46. The molecule has 0 spiro atoms.